The van der Waals surface area contributed by atoms with E-state index in [2.05, 4.69) is 10.3 Å². The lowest BCUT2D eigenvalue weighted by atomic mass is 9.53. The van der Waals surface area contributed by atoms with Crippen LogP contribution in [0.2, 0.25) is 5.02 Å². The molecule has 1 amide bonds. The number of carbonyl (C=O) groups is 1. The number of nitro groups is 1. The van der Waals surface area contributed by atoms with Crippen LogP contribution in [0.4, 0.5) is 16.3 Å². The molecular formula is C20H25ClN4O5. The number of ether oxygens (including phenoxy) is 1. The topological polar surface area (TPSA) is 118 Å². The Balaban J connectivity index is 1.20. The van der Waals surface area contributed by atoms with E-state index < -0.39 is 10.5 Å². The largest absolute Gasteiger partial charge is 0.446 e. The SMILES string of the molecule is O=C(OC1C2CC3C[C@@H]1CC(O)(C3)C2)N1CCC(Nc2ncc(Cl)cc2[N+](=O)[O-])C1. The number of hydrogen-bond donors (Lipinski definition) is 2. The smallest absolute Gasteiger partial charge is 0.410 e. The van der Waals surface area contributed by atoms with Crippen molar-refractivity contribution in [2.75, 3.05) is 18.4 Å². The van der Waals surface area contributed by atoms with Gasteiger partial charge in [0.15, 0.2) is 0 Å². The zero-order valence-corrected chi connectivity index (χ0v) is 17.3. The van der Waals surface area contributed by atoms with Gasteiger partial charge < -0.3 is 20.1 Å². The number of amides is 1. The molecule has 6 rings (SSSR count). The third-order valence-electron chi connectivity index (χ3n) is 7.21. The first-order valence-corrected chi connectivity index (χ1v) is 10.9. The number of pyridine rings is 1. The maximum atomic E-state index is 12.8. The second-order valence-electron chi connectivity index (χ2n) is 9.40. The van der Waals surface area contributed by atoms with Gasteiger partial charge in [-0.15, -0.1) is 0 Å². The van der Waals surface area contributed by atoms with E-state index >= 15 is 0 Å². The fraction of sp³-hybridized carbons (Fsp3) is 0.700. The van der Waals surface area contributed by atoms with Crippen LogP contribution in [-0.2, 0) is 4.74 Å². The molecule has 30 heavy (non-hydrogen) atoms. The van der Waals surface area contributed by atoms with Crippen LogP contribution in [0, 0.1) is 27.9 Å². The highest BCUT2D eigenvalue weighted by Gasteiger charge is 2.56. The minimum Gasteiger partial charge on any atom is -0.446 e. The molecule has 1 aromatic rings. The van der Waals surface area contributed by atoms with Crippen molar-refractivity contribution in [2.45, 2.75) is 56.3 Å². The number of aromatic nitrogens is 1. The lowest BCUT2D eigenvalue weighted by molar-refractivity contribution is -0.384. The summed E-state index contributed by atoms with van der Waals surface area (Å²) >= 11 is 5.82. The molecule has 0 radical (unpaired) electrons. The summed E-state index contributed by atoms with van der Waals surface area (Å²) in [5.74, 6) is 1.22. The molecule has 4 saturated carbocycles. The van der Waals surface area contributed by atoms with Gasteiger partial charge in [0.1, 0.15) is 6.10 Å². The van der Waals surface area contributed by atoms with E-state index in [1.54, 1.807) is 4.90 Å². The molecule has 2 heterocycles. The average molecular weight is 437 g/mol. The van der Waals surface area contributed by atoms with Gasteiger partial charge in [-0.3, -0.25) is 10.1 Å². The predicted molar refractivity (Wildman–Crippen MR) is 108 cm³/mol. The van der Waals surface area contributed by atoms with Crippen molar-refractivity contribution in [3.8, 4) is 0 Å². The molecule has 6 atom stereocenters. The fourth-order valence-electron chi connectivity index (χ4n) is 6.23. The van der Waals surface area contributed by atoms with Crippen molar-refractivity contribution in [3.05, 3.63) is 27.4 Å². The number of likely N-dealkylation sites (tertiary alicyclic amines) is 1. The highest BCUT2D eigenvalue weighted by molar-refractivity contribution is 6.30. The second kappa shape index (κ2) is 7.23. The van der Waals surface area contributed by atoms with Crippen LogP contribution >= 0.6 is 11.6 Å². The quantitative estimate of drug-likeness (QED) is 0.549. The standard InChI is InChI=1S/C20H25ClN4O5/c21-14-5-16(25(28)29)18(22-9-14)23-15-1-2-24(10-15)19(26)30-17-12-3-11-4-13(17)8-20(27,6-11)7-12/h5,9,11-13,15,17,27H,1-4,6-8,10H2,(H,22,23)/t11?,12-,13?,15?,17?,20?/m1/s1. The van der Waals surface area contributed by atoms with Gasteiger partial charge in [0, 0.05) is 31.4 Å². The number of hydrogen-bond acceptors (Lipinski definition) is 7. The summed E-state index contributed by atoms with van der Waals surface area (Å²) in [6.07, 6.45) is 5.99. The number of nitrogens with zero attached hydrogens (tertiary/aromatic N) is 3. The van der Waals surface area contributed by atoms with Gasteiger partial charge in [-0.2, -0.15) is 0 Å². The second-order valence-corrected chi connectivity index (χ2v) is 9.83. The van der Waals surface area contributed by atoms with Crippen molar-refractivity contribution in [1.29, 1.82) is 0 Å². The summed E-state index contributed by atoms with van der Waals surface area (Å²) in [6, 6.07) is 1.11. The zero-order valence-electron chi connectivity index (χ0n) is 16.5. The molecule has 0 spiro atoms. The number of rotatable bonds is 4. The van der Waals surface area contributed by atoms with Crippen molar-refractivity contribution in [2.24, 2.45) is 17.8 Å². The van der Waals surface area contributed by atoms with Gasteiger partial charge in [-0.05, 0) is 56.3 Å². The first kappa shape index (κ1) is 19.8. The predicted octanol–water partition coefficient (Wildman–Crippen LogP) is 3.21. The molecule has 1 aliphatic heterocycles. The van der Waals surface area contributed by atoms with Gasteiger partial charge in [-0.25, -0.2) is 9.78 Å². The molecule has 0 aromatic carbocycles. The lowest BCUT2D eigenvalue weighted by Crippen LogP contribution is -2.58. The first-order valence-electron chi connectivity index (χ1n) is 10.5. The van der Waals surface area contributed by atoms with Crippen LogP contribution in [-0.4, -0.2) is 56.8 Å². The highest BCUT2D eigenvalue weighted by atomic mass is 35.5. The monoisotopic (exact) mass is 436 g/mol. The summed E-state index contributed by atoms with van der Waals surface area (Å²) in [5.41, 5.74) is -0.738. The maximum absolute atomic E-state index is 12.8. The molecule has 2 N–H and O–H groups in total. The van der Waals surface area contributed by atoms with Crippen molar-refractivity contribution in [3.63, 3.8) is 0 Å². The van der Waals surface area contributed by atoms with Crippen molar-refractivity contribution >= 4 is 29.2 Å². The van der Waals surface area contributed by atoms with Gasteiger partial charge in [0.2, 0.25) is 5.82 Å². The molecule has 5 aliphatic rings. The summed E-state index contributed by atoms with van der Waals surface area (Å²) in [4.78, 5) is 29.2. The number of halogens is 1. The molecule has 10 heteroatoms. The summed E-state index contributed by atoms with van der Waals surface area (Å²) in [7, 11) is 0. The molecule has 162 valence electrons. The third kappa shape index (κ3) is 3.58. The number of anilines is 1. The Hall–Kier alpha value is -2.13. The highest BCUT2D eigenvalue weighted by Crippen LogP contribution is 2.56. The molecule has 1 aromatic heterocycles. The average Bonchev–Trinajstić information content (AvgIpc) is 3.13. The first-order chi connectivity index (χ1) is 14.3. The number of aliphatic hydroxyl groups is 1. The van der Waals surface area contributed by atoms with Gasteiger partial charge in [0.05, 0.1) is 15.5 Å². The van der Waals surface area contributed by atoms with E-state index in [4.69, 9.17) is 16.3 Å². The summed E-state index contributed by atoms with van der Waals surface area (Å²) in [6.45, 7) is 0.918. The van der Waals surface area contributed by atoms with Crippen molar-refractivity contribution in [1.82, 2.24) is 9.88 Å². The van der Waals surface area contributed by atoms with Crippen LogP contribution in [0.25, 0.3) is 0 Å². The Kier molecular flexibility index (Phi) is 4.77. The van der Waals surface area contributed by atoms with E-state index in [9.17, 15) is 20.0 Å². The van der Waals surface area contributed by atoms with Crippen LogP contribution in [0.5, 0.6) is 0 Å². The zero-order chi connectivity index (χ0) is 21.0. The molecular weight excluding hydrogens is 412 g/mol. The Bertz CT molecular complexity index is 867. The molecule has 9 nitrogen and oxygen atoms in total. The van der Waals surface area contributed by atoms with E-state index in [1.807, 2.05) is 0 Å². The van der Waals surface area contributed by atoms with Crippen LogP contribution in [0.3, 0.4) is 0 Å². The van der Waals surface area contributed by atoms with Gasteiger partial charge in [-0.1, -0.05) is 11.6 Å². The maximum Gasteiger partial charge on any atom is 0.410 e. The number of nitrogens with one attached hydrogen (secondary N) is 1. The van der Waals surface area contributed by atoms with Gasteiger partial charge >= 0.3 is 11.8 Å². The van der Waals surface area contributed by atoms with E-state index in [0.717, 1.165) is 32.1 Å². The van der Waals surface area contributed by atoms with Crippen LogP contribution in [0.1, 0.15) is 38.5 Å². The number of carbonyl (C=O) groups excluding carboxylic acids is 1. The minimum atomic E-state index is -0.553. The normalized spacial score (nSPS) is 36.7. The molecule has 5 fully saturated rings. The lowest BCUT2D eigenvalue weighted by Gasteiger charge is -2.57. The van der Waals surface area contributed by atoms with Crippen LogP contribution < -0.4 is 5.32 Å². The van der Waals surface area contributed by atoms with Crippen LogP contribution in [0.15, 0.2) is 12.3 Å². The molecule has 1 saturated heterocycles. The third-order valence-corrected chi connectivity index (χ3v) is 7.42. The summed E-state index contributed by atoms with van der Waals surface area (Å²) < 4.78 is 5.94. The van der Waals surface area contributed by atoms with E-state index in [0.29, 0.717) is 25.4 Å². The summed E-state index contributed by atoms with van der Waals surface area (Å²) in [5, 5.41) is 25.2. The minimum absolute atomic E-state index is 0.111. The Morgan fingerprint density at radius 1 is 1.37 bits per heavy atom. The fourth-order valence-corrected chi connectivity index (χ4v) is 6.39. The Morgan fingerprint density at radius 3 is 2.77 bits per heavy atom. The molecule has 5 unspecified atom stereocenters. The van der Waals surface area contributed by atoms with Gasteiger partial charge in [0.25, 0.3) is 0 Å². The van der Waals surface area contributed by atoms with Crippen molar-refractivity contribution < 1.29 is 19.6 Å². The molecule has 4 bridgehead atoms. The van der Waals surface area contributed by atoms with E-state index in [1.165, 1.54) is 12.3 Å². The Labute approximate surface area is 178 Å². The Morgan fingerprint density at radius 2 is 2.10 bits per heavy atom. The van der Waals surface area contributed by atoms with E-state index in [-0.39, 0.29) is 46.6 Å². The molecule has 4 aliphatic carbocycles.